The first kappa shape index (κ1) is 19.6. The van der Waals surface area contributed by atoms with Crippen LogP contribution in [0.4, 0.5) is 4.39 Å². The quantitative estimate of drug-likeness (QED) is 0.590. The first-order chi connectivity index (χ1) is 13.5. The fraction of sp³-hybridized carbons (Fsp3) is 0.273. The van der Waals surface area contributed by atoms with Crippen molar-refractivity contribution in [2.75, 3.05) is 13.7 Å². The van der Waals surface area contributed by atoms with Crippen LogP contribution in [0.25, 0.3) is 11.3 Å². The Hall–Kier alpha value is -3.15. The molecule has 0 spiro atoms. The molecule has 0 bridgehead atoms. The minimum Gasteiger partial charge on any atom is -0.497 e. The lowest BCUT2D eigenvalue weighted by atomic mass is 10.1. The van der Waals surface area contributed by atoms with Crippen LogP contribution in [0.2, 0.25) is 0 Å². The molecule has 0 atom stereocenters. The first-order valence-electron chi connectivity index (χ1n) is 9.11. The molecule has 0 aliphatic carbocycles. The monoisotopic (exact) mass is 382 g/mol. The minimum absolute atomic E-state index is 0.0808. The van der Waals surface area contributed by atoms with E-state index >= 15 is 0 Å². The van der Waals surface area contributed by atoms with Crippen LogP contribution < -0.4 is 4.74 Å². The zero-order valence-corrected chi connectivity index (χ0v) is 16.2. The van der Waals surface area contributed by atoms with E-state index in [1.165, 1.54) is 12.1 Å². The first-order valence-corrected chi connectivity index (χ1v) is 9.11. The van der Waals surface area contributed by atoms with Crippen LogP contribution in [0.1, 0.15) is 29.9 Å². The van der Waals surface area contributed by atoms with Gasteiger partial charge in [0.05, 0.1) is 13.7 Å². The summed E-state index contributed by atoms with van der Waals surface area (Å²) in [6.45, 7) is 5.03. The topological polar surface area (TPSA) is 55.6 Å². The second-order valence-corrected chi connectivity index (χ2v) is 7.00. The predicted octanol–water partition coefficient (Wildman–Crippen LogP) is 4.79. The molecule has 1 heterocycles. The average Bonchev–Trinajstić information content (AvgIpc) is 3.16. The van der Waals surface area contributed by atoms with E-state index in [1.807, 2.05) is 0 Å². The van der Waals surface area contributed by atoms with E-state index in [2.05, 4.69) is 19.0 Å². The summed E-state index contributed by atoms with van der Waals surface area (Å²) in [7, 11) is 1.59. The molecule has 0 aliphatic heterocycles. The molecule has 0 fully saturated rings. The molecule has 28 heavy (non-hydrogen) atoms. The van der Waals surface area contributed by atoms with Crippen molar-refractivity contribution in [2.24, 2.45) is 5.92 Å². The van der Waals surface area contributed by atoms with Gasteiger partial charge in [0.2, 0.25) is 0 Å². The Morgan fingerprint density at radius 3 is 2.43 bits per heavy atom. The highest BCUT2D eigenvalue weighted by Gasteiger charge is 2.19. The molecule has 0 unspecified atom stereocenters. The molecule has 2 aromatic carbocycles. The third-order valence-corrected chi connectivity index (χ3v) is 4.25. The van der Waals surface area contributed by atoms with Gasteiger partial charge in [-0.05, 0) is 54.4 Å². The van der Waals surface area contributed by atoms with Crippen molar-refractivity contribution in [3.8, 4) is 17.1 Å². The number of hydrogen-bond donors (Lipinski definition) is 0. The van der Waals surface area contributed by atoms with Gasteiger partial charge in [-0.25, -0.2) is 4.39 Å². The van der Waals surface area contributed by atoms with Gasteiger partial charge in [-0.1, -0.05) is 19.0 Å². The Morgan fingerprint density at radius 2 is 1.82 bits per heavy atom. The van der Waals surface area contributed by atoms with Gasteiger partial charge >= 0.3 is 0 Å². The van der Waals surface area contributed by atoms with Crippen LogP contribution in [-0.4, -0.2) is 29.6 Å². The number of hydrogen-bond acceptors (Lipinski definition) is 4. The molecule has 1 aromatic heterocycles. The Labute approximate surface area is 163 Å². The van der Waals surface area contributed by atoms with Gasteiger partial charge in [-0.3, -0.25) is 4.79 Å². The number of halogens is 1. The summed E-state index contributed by atoms with van der Waals surface area (Å²) in [5, 5.41) is 4.08. The number of carbonyl (C=O) groups excluding carboxylic acids is 1. The molecule has 3 aromatic rings. The Balaban J connectivity index is 1.78. The smallest absolute Gasteiger partial charge is 0.254 e. The van der Waals surface area contributed by atoms with Crippen LogP contribution >= 0.6 is 0 Å². The second-order valence-electron chi connectivity index (χ2n) is 7.00. The maximum Gasteiger partial charge on any atom is 0.254 e. The number of benzene rings is 2. The van der Waals surface area contributed by atoms with Gasteiger partial charge in [0.1, 0.15) is 17.3 Å². The molecular formula is C22H23FN2O3. The van der Waals surface area contributed by atoms with E-state index < -0.39 is 0 Å². The van der Waals surface area contributed by atoms with Crippen molar-refractivity contribution >= 4 is 5.91 Å². The number of ether oxygens (including phenoxy) is 1. The number of nitrogens with zero attached hydrogens (tertiary/aromatic N) is 2. The fourth-order valence-corrected chi connectivity index (χ4v) is 2.91. The van der Waals surface area contributed by atoms with Gasteiger partial charge < -0.3 is 14.2 Å². The number of amides is 1. The molecule has 0 saturated heterocycles. The third kappa shape index (κ3) is 4.76. The average molecular weight is 382 g/mol. The van der Waals surface area contributed by atoms with E-state index in [4.69, 9.17) is 9.26 Å². The molecule has 0 aliphatic rings. The van der Waals surface area contributed by atoms with E-state index in [0.717, 1.165) is 5.56 Å². The summed E-state index contributed by atoms with van der Waals surface area (Å²) in [6, 6.07) is 14.8. The Bertz CT molecular complexity index is 918. The van der Waals surface area contributed by atoms with E-state index in [-0.39, 0.29) is 11.7 Å². The van der Waals surface area contributed by atoms with Crippen molar-refractivity contribution < 1.29 is 18.4 Å². The molecule has 0 radical (unpaired) electrons. The van der Waals surface area contributed by atoms with Gasteiger partial charge in [0.25, 0.3) is 5.91 Å². The van der Waals surface area contributed by atoms with Crippen molar-refractivity contribution in [3.05, 3.63) is 71.7 Å². The summed E-state index contributed by atoms with van der Waals surface area (Å²) in [5.74, 6) is 1.15. The Morgan fingerprint density at radius 1 is 1.14 bits per heavy atom. The highest BCUT2D eigenvalue weighted by Crippen LogP contribution is 2.22. The zero-order valence-electron chi connectivity index (χ0n) is 16.2. The van der Waals surface area contributed by atoms with Crippen molar-refractivity contribution in [1.29, 1.82) is 0 Å². The molecule has 3 rings (SSSR count). The van der Waals surface area contributed by atoms with E-state index in [1.54, 1.807) is 54.5 Å². The largest absolute Gasteiger partial charge is 0.497 e. The fourth-order valence-electron chi connectivity index (χ4n) is 2.91. The number of rotatable bonds is 7. The number of carbonyl (C=O) groups is 1. The van der Waals surface area contributed by atoms with Crippen LogP contribution in [0.5, 0.6) is 5.75 Å². The normalized spacial score (nSPS) is 10.9. The van der Waals surface area contributed by atoms with Gasteiger partial charge in [0.15, 0.2) is 5.76 Å². The lowest BCUT2D eigenvalue weighted by Crippen LogP contribution is -2.33. The number of methoxy groups -OCH3 is 1. The maximum atomic E-state index is 13.1. The predicted molar refractivity (Wildman–Crippen MR) is 104 cm³/mol. The van der Waals surface area contributed by atoms with Gasteiger partial charge in [-0.15, -0.1) is 0 Å². The molecular weight excluding hydrogens is 359 g/mol. The molecule has 0 saturated carbocycles. The summed E-state index contributed by atoms with van der Waals surface area (Å²) in [6.07, 6.45) is 0. The Kier molecular flexibility index (Phi) is 6.09. The lowest BCUT2D eigenvalue weighted by Gasteiger charge is -2.23. The van der Waals surface area contributed by atoms with Crippen molar-refractivity contribution in [2.45, 2.75) is 20.4 Å². The standard InChI is InChI=1S/C22H23FN2O3/c1-15(2)13-25(22(26)17-6-10-20(27-3)11-7-17)14-19-12-21(28-24-19)16-4-8-18(23)9-5-16/h4-12,15H,13-14H2,1-3H3. The SMILES string of the molecule is COc1ccc(C(=O)N(Cc2cc(-c3ccc(F)cc3)on2)CC(C)C)cc1. The summed E-state index contributed by atoms with van der Waals surface area (Å²) in [5.41, 5.74) is 1.96. The highest BCUT2D eigenvalue weighted by molar-refractivity contribution is 5.94. The lowest BCUT2D eigenvalue weighted by molar-refractivity contribution is 0.0718. The molecule has 0 N–H and O–H groups in total. The third-order valence-electron chi connectivity index (χ3n) is 4.25. The molecule has 146 valence electrons. The summed E-state index contributed by atoms with van der Waals surface area (Å²) < 4.78 is 23.6. The van der Waals surface area contributed by atoms with Crippen LogP contribution in [-0.2, 0) is 6.54 Å². The van der Waals surface area contributed by atoms with Crippen molar-refractivity contribution in [3.63, 3.8) is 0 Å². The minimum atomic E-state index is -0.309. The summed E-state index contributed by atoms with van der Waals surface area (Å²) in [4.78, 5) is 14.7. The second kappa shape index (κ2) is 8.69. The number of aromatic nitrogens is 1. The molecule has 5 nitrogen and oxygen atoms in total. The molecule has 6 heteroatoms. The van der Waals surface area contributed by atoms with Crippen molar-refractivity contribution in [1.82, 2.24) is 10.1 Å². The van der Waals surface area contributed by atoms with Crippen LogP contribution in [0.15, 0.2) is 59.1 Å². The molecule has 1 amide bonds. The van der Waals surface area contributed by atoms with Crippen LogP contribution in [0, 0.1) is 11.7 Å². The van der Waals surface area contributed by atoms with Gasteiger partial charge in [-0.2, -0.15) is 0 Å². The van der Waals surface area contributed by atoms with Crippen LogP contribution in [0.3, 0.4) is 0 Å². The van der Waals surface area contributed by atoms with Gasteiger partial charge in [0, 0.05) is 23.7 Å². The van der Waals surface area contributed by atoms with E-state index in [0.29, 0.717) is 41.8 Å². The maximum absolute atomic E-state index is 13.1. The zero-order chi connectivity index (χ0) is 20.1. The summed E-state index contributed by atoms with van der Waals surface area (Å²) >= 11 is 0. The highest BCUT2D eigenvalue weighted by atomic mass is 19.1. The van der Waals surface area contributed by atoms with E-state index in [9.17, 15) is 9.18 Å².